The lowest BCUT2D eigenvalue weighted by Crippen LogP contribution is -2.29. The second-order valence-electron chi connectivity index (χ2n) is 4.21. The fourth-order valence-corrected chi connectivity index (χ4v) is 1.81. The summed E-state index contributed by atoms with van der Waals surface area (Å²) in [5.41, 5.74) is 1.69. The Morgan fingerprint density at radius 2 is 1.69 bits per heavy atom. The zero-order chi connectivity index (χ0) is 11.7. The number of aliphatic hydroxyl groups is 2. The van der Waals surface area contributed by atoms with E-state index in [-0.39, 0.29) is 19.0 Å². The van der Waals surface area contributed by atoms with Gasteiger partial charge in [0, 0.05) is 18.7 Å². The van der Waals surface area contributed by atoms with E-state index in [1.807, 2.05) is 19.1 Å². The van der Waals surface area contributed by atoms with Crippen molar-refractivity contribution in [2.45, 2.75) is 19.1 Å². The number of β-amino-alcohol motifs (C(OH)–C–C–N with tert-alkyl or cyclic N) is 2. The fraction of sp³-hybridized carbons (Fsp3) is 0.417. The van der Waals surface area contributed by atoms with E-state index in [1.54, 1.807) is 12.1 Å². The van der Waals surface area contributed by atoms with E-state index in [1.165, 1.54) is 4.90 Å². The van der Waals surface area contributed by atoms with Crippen molar-refractivity contribution in [3.05, 3.63) is 35.4 Å². The molecule has 1 aliphatic rings. The Hall–Kier alpha value is -1.39. The Kier molecular flexibility index (Phi) is 2.94. The summed E-state index contributed by atoms with van der Waals surface area (Å²) in [6, 6.07) is 7.26. The van der Waals surface area contributed by atoms with Crippen LogP contribution in [0.4, 0.5) is 0 Å². The van der Waals surface area contributed by atoms with Crippen LogP contribution in [0.3, 0.4) is 0 Å². The van der Waals surface area contributed by atoms with Gasteiger partial charge in [-0.25, -0.2) is 0 Å². The summed E-state index contributed by atoms with van der Waals surface area (Å²) >= 11 is 0. The van der Waals surface area contributed by atoms with Crippen molar-refractivity contribution >= 4 is 5.91 Å². The van der Waals surface area contributed by atoms with Crippen LogP contribution in [0.5, 0.6) is 0 Å². The van der Waals surface area contributed by atoms with Gasteiger partial charge in [0.15, 0.2) is 0 Å². The van der Waals surface area contributed by atoms with Crippen LogP contribution in [0.2, 0.25) is 0 Å². The third kappa shape index (κ3) is 2.08. The highest BCUT2D eigenvalue weighted by Crippen LogP contribution is 2.14. The quantitative estimate of drug-likeness (QED) is 0.710. The number of rotatable bonds is 1. The first-order valence-corrected chi connectivity index (χ1v) is 5.30. The van der Waals surface area contributed by atoms with Gasteiger partial charge in [0.2, 0.25) is 0 Å². The van der Waals surface area contributed by atoms with Crippen LogP contribution in [0, 0.1) is 6.92 Å². The molecule has 0 aliphatic carbocycles. The van der Waals surface area contributed by atoms with E-state index in [4.69, 9.17) is 0 Å². The molecule has 0 saturated carbocycles. The van der Waals surface area contributed by atoms with Crippen LogP contribution in [-0.2, 0) is 0 Å². The SMILES string of the molecule is Cc1ccc(C(=O)N2C[C@@H](O)[C@@H](O)C2)cc1. The van der Waals surface area contributed by atoms with Crippen LogP contribution >= 0.6 is 0 Å². The monoisotopic (exact) mass is 221 g/mol. The molecule has 2 atom stereocenters. The van der Waals surface area contributed by atoms with E-state index in [0.717, 1.165) is 5.56 Å². The maximum atomic E-state index is 12.0. The molecule has 16 heavy (non-hydrogen) atoms. The number of aryl methyl sites for hydroxylation is 1. The summed E-state index contributed by atoms with van der Waals surface area (Å²) in [7, 11) is 0. The highest BCUT2D eigenvalue weighted by Gasteiger charge is 2.32. The van der Waals surface area contributed by atoms with Gasteiger partial charge in [0.25, 0.3) is 5.91 Å². The lowest BCUT2D eigenvalue weighted by Gasteiger charge is -2.15. The third-order valence-electron chi connectivity index (χ3n) is 2.84. The van der Waals surface area contributed by atoms with Crippen LogP contribution in [0.15, 0.2) is 24.3 Å². The molecule has 4 heteroatoms. The van der Waals surface area contributed by atoms with Gasteiger partial charge in [-0.2, -0.15) is 0 Å². The van der Waals surface area contributed by atoms with Gasteiger partial charge in [-0.15, -0.1) is 0 Å². The second kappa shape index (κ2) is 4.23. The fourth-order valence-electron chi connectivity index (χ4n) is 1.81. The Morgan fingerprint density at radius 3 is 2.19 bits per heavy atom. The van der Waals surface area contributed by atoms with Gasteiger partial charge in [-0.3, -0.25) is 4.79 Å². The molecule has 1 aliphatic heterocycles. The van der Waals surface area contributed by atoms with E-state index in [2.05, 4.69) is 0 Å². The minimum Gasteiger partial charge on any atom is -0.388 e. The smallest absolute Gasteiger partial charge is 0.254 e. The van der Waals surface area contributed by atoms with Crippen molar-refractivity contribution in [2.75, 3.05) is 13.1 Å². The summed E-state index contributed by atoms with van der Waals surface area (Å²) < 4.78 is 0. The molecule has 1 fully saturated rings. The Morgan fingerprint density at radius 1 is 1.19 bits per heavy atom. The number of likely N-dealkylation sites (tertiary alicyclic amines) is 1. The number of benzene rings is 1. The van der Waals surface area contributed by atoms with Gasteiger partial charge in [-0.1, -0.05) is 17.7 Å². The summed E-state index contributed by atoms with van der Waals surface area (Å²) in [4.78, 5) is 13.4. The molecule has 0 spiro atoms. The van der Waals surface area contributed by atoms with E-state index in [0.29, 0.717) is 5.56 Å². The largest absolute Gasteiger partial charge is 0.388 e. The van der Waals surface area contributed by atoms with Crippen molar-refractivity contribution in [3.63, 3.8) is 0 Å². The molecule has 1 heterocycles. The van der Waals surface area contributed by atoms with Gasteiger partial charge >= 0.3 is 0 Å². The van der Waals surface area contributed by atoms with Crippen molar-refractivity contribution in [1.29, 1.82) is 0 Å². The van der Waals surface area contributed by atoms with Crippen LogP contribution in [0.1, 0.15) is 15.9 Å². The first kappa shape index (κ1) is 11.1. The van der Waals surface area contributed by atoms with E-state index < -0.39 is 12.2 Å². The minimum atomic E-state index is -0.825. The number of aliphatic hydroxyl groups excluding tert-OH is 2. The van der Waals surface area contributed by atoms with E-state index >= 15 is 0 Å². The number of hydrogen-bond donors (Lipinski definition) is 2. The van der Waals surface area contributed by atoms with Crippen molar-refractivity contribution in [1.82, 2.24) is 4.90 Å². The topological polar surface area (TPSA) is 60.8 Å². The lowest BCUT2D eigenvalue weighted by atomic mass is 10.1. The molecule has 0 unspecified atom stereocenters. The number of hydrogen-bond acceptors (Lipinski definition) is 3. The Bertz CT molecular complexity index is 378. The summed E-state index contributed by atoms with van der Waals surface area (Å²) in [5, 5.41) is 18.7. The van der Waals surface area contributed by atoms with Gasteiger partial charge in [-0.05, 0) is 19.1 Å². The normalized spacial score (nSPS) is 24.8. The van der Waals surface area contributed by atoms with Crippen molar-refractivity contribution in [2.24, 2.45) is 0 Å². The zero-order valence-corrected chi connectivity index (χ0v) is 9.13. The molecule has 1 amide bonds. The molecule has 0 bridgehead atoms. The van der Waals surface area contributed by atoms with Crippen LogP contribution < -0.4 is 0 Å². The summed E-state index contributed by atoms with van der Waals surface area (Å²) in [6.07, 6.45) is -1.65. The van der Waals surface area contributed by atoms with Crippen LogP contribution in [0.25, 0.3) is 0 Å². The van der Waals surface area contributed by atoms with Crippen molar-refractivity contribution < 1.29 is 15.0 Å². The summed E-state index contributed by atoms with van der Waals surface area (Å²) in [6.45, 7) is 2.36. The molecule has 1 saturated heterocycles. The number of amides is 1. The van der Waals surface area contributed by atoms with Gasteiger partial charge in [0.05, 0.1) is 12.2 Å². The molecular weight excluding hydrogens is 206 g/mol. The van der Waals surface area contributed by atoms with E-state index in [9.17, 15) is 15.0 Å². The molecule has 0 aromatic heterocycles. The average Bonchev–Trinajstić information content (AvgIpc) is 2.59. The minimum absolute atomic E-state index is 0.143. The molecule has 86 valence electrons. The predicted molar refractivity (Wildman–Crippen MR) is 59.1 cm³/mol. The number of carbonyl (C=O) groups is 1. The maximum Gasteiger partial charge on any atom is 0.254 e. The lowest BCUT2D eigenvalue weighted by molar-refractivity contribution is 0.0572. The van der Waals surface area contributed by atoms with Crippen LogP contribution in [-0.4, -0.2) is 46.3 Å². The average molecular weight is 221 g/mol. The third-order valence-corrected chi connectivity index (χ3v) is 2.84. The molecule has 1 aromatic carbocycles. The van der Waals surface area contributed by atoms with Gasteiger partial charge < -0.3 is 15.1 Å². The number of nitrogens with zero attached hydrogens (tertiary/aromatic N) is 1. The summed E-state index contributed by atoms with van der Waals surface area (Å²) in [5.74, 6) is -0.143. The first-order valence-electron chi connectivity index (χ1n) is 5.30. The molecule has 2 N–H and O–H groups in total. The number of carbonyl (C=O) groups excluding carboxylic acids is 1. The Labute approximate surface area is 94.1 Å². The highest BCUT2D eigenvalue weighted by atomic mass is 16.3. The predicted octanol–water partition coefficient (Wildman–Crippen LogP) is 0.173. The van der Waals surface area contributed by atoms with Crippen molar-refractivity contribution in [3.8, 4) is 0 Å². The molecule has 2 rings (SSSR count). The van der Waals surface area contributed by atoms with Gasteiger partial charge in [0.1, 0.15) is 0 Å². The second-order valence-corrected chi connectivity index (χ2v) is 4.21. The Balaban J connectivity index is 2.11. The molecule has 0 radical (unpaired) electrons. The zero-order valence-electron chi connectivity index (χ0n) is 9.13. The molecule has 4 nitrogen and oxygen atoms in total. The standard InChI is InChI=1S/C12H15NO3/c1-8-2-4-9(5-3-8)12(16)13-6-10(14)11(15)7-13/h2-5,10-11,14-15H,6-7H2,1H3/t10-,11+. The highest BCUT2D eigenvalue weighted by molar-refractivity contribution is 5.94. The molecular formula is C12H15NO3. The molecule has 1 aromatic rings. The first-order chi connectivity index (χ1) is 7.58. The maximum absolute atomic E-state index is 12.0.